The van der Waals surface area contributed by atoms with Gasteiger partial charge in [0.05, 0.1) is 17.7 Å². The first-order chi connectivity index (χ1) is 8.41. The standard InChI is InChI=1S/C11H8ClF3N2O/c12-10-7-2-1-6(11(13,14)15)5-8(7)16-9(17-10)3-4-18/h1-2,5,18H,3-4H2. The van der Waals surface area contributed by atoms with Crippen molar-refractivity contribution in [1.82, 2.24) is 9.97 Å². The molecule has 1 aromatic carbocycles. The van der Waals surface area contributed by atoms with Gasteiger partial charge in [-0.3, -0.25) is 0 Å². The number of aromatic nitrogens is 2. The summed E-state index contributed by atoms with van der Waals surface area (Å²) in [5.74, 6) is 0.217. The molecule has 3 nitrogen and oxygen atoms in total. The predicted octanol–water partition coefficient (Wildman–Crippen LogP) is 2.84. The Balaban J connectivity index is 2.60. The number of hydrogen-bond acceptors (Lipinski definition) is 3. The van der Waals surface area contributed by atoms with E-state index in [9.17, 15) is 13.2 Å². The molecule has 7 heteroatoms. The molecule has 0 unspecified atom stereocenters. The van der Waals surface area contributed by atoms with Crippen molar-refractivity contribution >= 4 is 22.5 Å². The molecular formula is C11H8ClF3N2O. The summed E-state index contributed by atoms with van der Waals surface area (Å²) in [5, 5.41) is 9.20. The van der Waals surface area contributed by atoms with Gasteiger partial charge in [0.25, 0.3) is 0 Å². The van der Waals surface area contributed by atoms with E-state index in [1.807, 2.05) is 0 Å². The number of aliphatic hydroxyl groups is 1. The maximum Gasteiger partial charge on any atom is 0.416 e. The Morgan fingerprint density at radius 1 is 1.22 bits per heavy atom. The number of benzene rings is 1. The monoisotopic (exact) mass is 276 g/mol. The molecule has 0 fully saturated rings. The third kappa shape index (κ3) is 2.54. The quantitative estimate of drug-likeness (QED) is 0.858. The fourth-order valence-electron chi connectivity index (χ4n) is 1.52. The highest BCUT2D eigenvalue weighted by molar-refractivity contribution is 6.34. The second-order valence-electron chi connectivity index (χ2n) is 3.63. The lowest BCUT2D eigenvalue weighted by molar-refractivity contribution is -0.137. The van der Waals surface area contributed by atoms with Crippen molar-refractivity contribution in [2.24, 2.45) is 0 Å². The first-order valence-electron chi connectivity index (χ1n) is 5.06. The summed E-state index contributed by atoms with van der Waals surface area (Å²) in [4.78, 5) is 7.84. The Bertz CT molecular complexity index is 586. The van der Waals surface area contributed by atoms with Crippen LogP contribution in [-0.4, -0.2) is 21.7 Å². The van der Waals surface area contributed by atoms with Crippen molar-refractivity contribution in [2.45, 2.75) is 12.6 Å². The topological polar surface area (TPSA) is 46.0 Å². The Morgan fingerprint density at radius 3 is 2.56 bits per heavy atom. The van der Waals surface area contributed by atoms with Crippen LogP contribution in [0.3, 0.4) is 0 Å². The number of rotatable bonds is 2. The molecule has 2 aromatic rings. The van der Waals surface area contributed by atoms with Crippen LogP contribution in [0.5, 0.6) is 0 Å². The van der Waals surface area contributed by atoms with Gasteiger partial charge in [0.2, 0.25) is 0 Å². The summed E-state index contributed by atoms with van der Waals surface area (Å²) >= 11 is 5.85. The highest BCUT2D eigenvalue weighted by Crippen LogP contribution is 2.32. The molecule has 0 radical (unpaired) electrons. The van der Waals surface area contributed by atoms with Crippen LogP contribution in [0.4, 0.5) is 13.2 Å². The zero-order valence-corrected chi connectivity index (χ0v) is 9.76. The first-order valence-corrected chi connectivity index (χ1v) is 5.44. The van der Waals surface area contributed by atoms with Gasteiger partial charge in [-0.1, -0.05) is 11.6 Å². The Morgan fingerprint density at radius 2 is 1.94 bits per heavy atom. The summed E-state index contributed by atoms with van der Waals surface area (Å²) in [6.45, 7) is -0.194. The fraction of sp³-hybridized carbons (Fsp3) is 0.273. The number of alkyl halides is 3. The third-order valence-electron chi connectivity index (χ3n) is 2.36. The molecule has 0 bridgehead atoms. The lowest BCUT2D eigenvalue weighted by atomic mass is 10.1. The molecule has 0 atom stereocenters. The van der Waals surface area contributed by atoms with Gasteiger partial charge in [-0.05, 0) is 18.2 Å². The molecule has 0 amide bonds. The van der Waals surface area contributed by atoms with Crippen LogP contribution in [0.25, 0.3) is 10.9 Å². The summed E-state index contributed by atoms with van der Waals surface area (Å²) in [5.41, 5.74) is -0.673. The van der Waals surface area contributed by atoms with Crippen LogP contribution in [0, 0.1) is 0 Å². The van der Waals surface area contributed by atoms with E-state index in [1.165, 1.54) is 6.07 Å². The average molecular weight is 277 g/mol. The molecule has 0 spiro atoms. The van der Waals surface area contributed by atoms with Crippen molar-refractivity contribution < 1.29 is 18.3 Å². The number of aliphatic hydroxyl groups excluding tert-OH is 1. The van der Waals surface area contributed by atoms with E-state index in [-0.39, 0.29) is 29.5 Å². The SMILES string of the molecule is OCCc1nc(Cl)c2ccc(C(F)(F)F)cc2n1. The van der Waals surface area contributed by atoms with Crippen LogP contribution < -0.4 is 0 Å². The average Bonchev–Trinajstić information content (AvgIpc) is 2.27. The van der Waals surface area contributed by atoms with Gasteiger partial charge in [-0.2, -0.15) is 13.2 Å². The normalized spacial score (nSPS) is 12.1. The summed E-state index contributed by atoms with van der Waals surface area (Å²) < 4.78 is 37.6. The lowest BCUT2D eigenvalue weighted by Crippen LogP contribution is -2.06. The minimum atomic E-state index is -4.43. The molecule has 1 aromatic heterocycles. The van der Waals surface area contributed by atoms with Crippen molar-refractivity contribution in [3.63, 3.8) is 0 Å². The number of hydrogen-bond donors (Lipinski definition) is 1. The minimum Gasteiger partial charge on any atom is -0.396 e. The fourth-order valence-corrected chi connectivity index (χ4v) is 1.78. The molecule has 18 heavy (non-hydrogen) atoms. The van der Waals surface area contributed by atoms with E-state index in [0.29, 0.717) is 5.39 Å². The van der Waals surface area contributed by atoms with Gasteiger partial charge in [0.1, 0.15) is 11.0 Å². The molecule has 1 N–H and O–H groups in total. The molecule has 2 rings (SSSR count). The molecule has 96 valence electrons. The Kier molecular flexibility index (Phi) is 3.41. The van der Waals surface area contributed by atoms with E-state index in [0.717, 1.165) is 12.1 Å². The third-order valence-corrected chi connectivity index (χ3v) is 2.65. The summed E-state index contributed by atoms with van der Waals surface area (Å²) in [7, 11) is 0. The van der Waals surface area contributed by atoms with Crippen LogP contribution in [0.2, 0.25) is 5.15 Å². The maximum absolute atomic E-state index is 12.5. The van der Waals surface area contributed by atoms with Crippen LogP contribution in [0.1, 0.15) is 11.4 Å². The molecule has 1 heterocycles. The number of halogens is 4. The Labute approximate surface area is 105 Å². The highest BCUT2D eigenvalue weighted by atomic mass is 35.5. The molecule has 0 aliphatic heterocycles. The molecule has 0 saturated carbocycles. The van der Waals surface area contributed by atoms with Crippen LogP contribution in [-0.2, 0) is 12.6 Å². The molecule has 0 aliphatic carbocycles. The van der Waals surface area contributed by atoms with E-state index in [1.54, 1.807) is 0 Å². The van der Waals surface area contributed by atoms with Gasteiger partial charge in [-0.25, -0.2) is 9.97 Å². The van der Waals surface area contributed by atoms with Gasteiger partial charge < -0.3 is 5.11 Å². The lowest BCUT2D eigenvalue weighted by Gasteiger charge is -2.08. The largest absolute Gasteiger partial charge is 0.416 e. The van der Waals surface area contributed by atoms with E-state index >= 15 is 0 Å². The summed E-state index contributed by atoms with van der Waals surface area (Å²) in [6, 6.07) is 3.09. The second-order valence-corrected chi connectivity index (χ2v) is 3.99. The van der Waals surface area contributed by atoms with E-state index in [4.69, 9.17) is 16.7 Å². The van der Waals surface area contributed by atoms with Crippen LogP contribution >= 0.6 is 11.6 Å². The molecular weight excluding hydrogens is 269 g/mol. The minimum absolute atomic E-state index is 0.0807. The zero-order chi connectivity index (χ0) is 13.3. The first kappa shape index (κ1) is 13.0. The van der Waals surface area contributed by atoms with Crippen molar-refractivity contribution in [1.29, 1.82) is 0 Å². The maximum atomic E-state index is 12.5. The van der Waals surface area contributed by atoms with Crippen LogP contribution in [0.15, 0.2) is 18.2 Å². The van der Waals surface area contributed by atoms with E-state index in [2.05, 4.69) is 9.97 Å². The molecule has 0 aliphatic rings. The van der Waals surface area contributed by atoms with Gasteiger partial charge in [0.15, 0.2) is 0 Å². The smallest absolute Gasteiger partial charge is 0.396 e. The van der Waals surface area contributed by atoms with Gasteiger partial charge in [0, 0.05) is 11.8 Å². The second kappa shape index (κ2) is 4.70. The number of fused-ring (bicyclic) bond motifs is 1. The Hall–Kier alpha value is -1.40. The molecule has 0 saturated heterocycles. The zero-order valence-electron chi connectivity index (χ0n) is 9.00. The van der Waals surface area contributed by atoms with Crippen molar-refractivity contribution in [3.05, 3.63) is 34.7 Å². The van der Waals surface area contributed by atoms with Crippen molar-refractivity contribution in [3.8, 4) is 0 Å². The predicted molar refractivity (Wildman–Crippen MR) is 60.3 cm³/mol. The van der Waals surface area contributed by atoms with E-state index < -0.39 is 11.7 Å². The number of nitrogens with zero attached hydrogens (tertiary/aromatic N) is 2. The van der Waals surface area contributed by atoms with Crippen molar-refractivity contribution in [2.75, 3.05) is 6.61 Å². The highest BCUT2D eigenvalue weighted by Gasteiger charge is 2.30. The summed E-state index contributed by atoms with van der Waals surface area (Å²) in [6.07, 6.45) is -4.28. The van der Waals surface area contributed by atoms with Gasteiger partial charge in [-0.15, -0.1) is 0 Å². The van der Waals surface area contributed by atoms with Gasteiger partial charge >= 0.3 is 6.18 Å².